The second kappa shape index (κ2) is 7.13. The Hall–Kier alpha value is -2.01. The Balaban J connectivity index is 2.22. The van der Waals surface area contributed by atoms with Crippen LogP contribution in [0.1, 0.15) is 41.5 Å². The first kappa shape index (κ1) is 15.4. The lowest BCUT2D eigenvalue weighted by molar-refractivity contribution is 0.0956. The predicted octanol–water partition coefficient (Wildman–Crippen LogP) is 3.64. The molecule has 0 aliphatic carbocycles. The van der Waals surface area contributed by atoms with Crippen LogP contribution in [0.15, 0.2) is 35.7 Å². The summed E-state index contributed by atoms with van der Waals surface area (Å²) in [5.74, 6) is -0.0790. The molecule has 5 heteroatoms. The molecule has 0 saturated heterocycles. The largest absolute Gasteiger partial charge is 0.397 e. The lowest BCUT2D eigenvalue weighted by Gasteiger charge is -2.19. The first-order valence-corrected chi connectivity index (χ1v) is 8.01. The highest BCUT2D eigenvalue weighted by molar-refractivity contribution is 7.10. The molecule has 2 aromatic rings. The zero-order valence-electron chi connectivity index (χ0n) is 12.3. The number of nitrogens with two attached hydrogens (primary N) is 1. The van der Waals surface area contributed by atoms with Crippen LogP contribution in [-0.4, -0.2) is 12.5 Å². The lowest BCUT2D eigenvalue weighted by atomic mass is 10.1. The molecule has 0 aliphatic heterocycles. The van der Waals surface area contributed by atoms with E-state index in [0.29, 0.717) is 17.8 Å². The highest BCUT2D eigenvalue weighted by Crippen LogP contribution is 2.29. The van der Waals surface area contributed by atoms with Gasteiger partial charge in [-0.1, -0.05) is 13.0 Å². The van der Waals surface area contributed by atoms with Crippen molar-refractivity contribution < 1.29 is 4.79 Å². The Kier molecular flexibility index (Phi) is 5.22. The molecule has 1 aromatic carbocycles. The van der Waals surface area contributed by atoms with Crippen molar-refractivity contribution in [3.05, 3.63) is 46.2 Å². The minimum Gasteiger partial charge on any atom is -0.397 e. The van der Waals surface area contributed by atoms with Gasteiger partial charge in [-0.05, 0) is 43.0 Å². The molecule has 0 fully saturated rings. The van der Waals surface area contributed by atoms with Gasteiger partial charge < -0.3 is 16.4 Å². The first-order chi connectivity index (χ1) is 10.2. The Bertz CT molecular complexity index is 596. The molecule has 1 atom stereocenters. The minimum absolute atomic E-state index is 0.0790. The van der Waals surface area contributed by atoms with Crippen molar-refractivity contribution in [3.8, 4) is 0 Å². The zero-order chi connectivity index (χ0) is 15.2. The van der Waals surface area contributed by atoms with Crippen molar-refractivity contribution in [1.29, 1.82) is 0 Å². The predicted molar refractivity (Wildman–Crippen MR) is 89.8 cm³/mol. The number of anilines is 2. The summed E-state index contributed by atoms with van der Waals surface area (Å²) >= 11 is 1.72. The Morgan fingerprint density at radius 2 is 2.14 bits per heavy atom. The highest BCUT2D eigenvalue weighted by Gasteiger charge is 2.13. The summed E-state index contributed by atoms with van der Waals surface area (Å²) in [5, 5.41) is 8.30. The fourth-order valence-corrected chi connectivity index (χ4v) is 3.00. The van der Waals surface area contributed by atoms with Gasteiger partial charge in [0.25, 0.3) is 5.91 Å². The average Bonchev–Trinajstić information content (AvgIpc) is 3.00. The molecular formula is C16H21N3OS. The quantitative estimate of drug-likeness (QED) is 0.714. The third kappa shape index (κ3) is 3.76. The van der Waals surface area contributed by atoms with Crippen LogP contribution < -0.4 is 16.4 Å². The summed E-state index contributed by atoms with van der Waals surface area (Å²) in [6.45, 7) is 4.64. The van der Waals surface area contributed by atoms with E-state index < -0.39 is 0 Å². The molecule has 0 radical (unpaired) electrons. The van der Waals surface area contributed by atoms with Crippen LogP contribution in [0.3, 0.4) is 0 Å². The summed E-state index contributed by atoms with van der Waals surface area (Å²) in [4.78, 5) is 13.2. The molecule has 0 saturated carbocycles. The van der Waals surface area contributed by atoms with Crippen molar-refractivity contribution in [3.63, 3.8) is 0 Å². The molecular weight excluding hydrogens is 282 g/mol. The molecule has 1 amide bonds. The molecule has 1 unspecified atom stereocenters. The molecule has 4 nitrogen and oxygen atoms in total. The fraction of sp³-hybridized carbons (Fsp3) is 0.312. The topological polar surface area (TPSA) is 67.2 Å². The standard InChI is InChI=1S/C16H21N3OS/c1-3-13(15-6-5-9-21-15)19-14-10-11(7-8-12(14)17)16(20)18-4-2/h5-10,13,19H,3-4,17H2,1-2H3,(H,18,20). The van der Waals surface area contributed by atoms with Gasteiger partial charge in [-0.25, -0.2) is 0 Å². The van der Waals surface area contributed by atoms with Gasteiger partial charge >= 0.3 is 0 Å². The third-order valence-electron chi connectivity index (χ3n) is 3.28. The molecule has 1 heterocycles. The van der Waals surface area contributed by atoms with E-state index in [2.05, 4.69) is 29.0 Å². The number of hydrogen-bond donors (Lipinski definition) is 3. The van der Waals surface area contributed by atoms with Gasteiger partial charge in [-0.3, -0.25) is 4.79 Å². The van der Waals surface area contributed by atoms with E-state index in [1.54, 1.807) is 23.5 Å². The van der Waals surface area contributed by atoms with Crippen molar-refractivity contribution in [1.82, 2.24) is 5.32 Å². The van der Waals surface area contributed by atoms with E-state index in [1.807, 2.05) is 19.1 Å². The summed E-state index contributed by atoms with van der Waals surface area (Å²) in [5.41, 5.74) is 8.10. The number of hydrogen-bond acceptors (Lipinski definition) is 4. The van der Waals surface area contributed by atoms with Crippen LogP contribution in [0.2, 0.25) is 0 Å². The van der Waals surface area contributed by atoms with E-state index in [1.165, 1.54) is 4.88 Å². The van der Waals surface area contributed by atoms with Gasteiger partial charge in [0, 0.05) is 17.0 Å². The van der Waals surface area contributed by atoms with E-state index in [-0.39, 0.29) is 11.9 Å². The minimum atomic E-state index is -0.0790. The normalized spacial score (nSPS) is 11.9. The van der Waals surface area contributed by atoms with Crippen LogP contribution in [0.4, 0.5) is 11.4 Å². The van der Waals surface area contributed by atoms with E-state index in [9.17, 15) is 4.79 Å². The summed E-state index contributed by atoms with van der Waals surface area (Å²) in [7, 11) is 0. The molecule has 112 valence electrons. The van der Waals surface area contributed by atoms with Crippen molar-refractivity contribution in [2.75, 3.05) is 17.6 Å². The van der Waals surface area contributed by atoms with Crippen molar-refractivity contribution in [2.45, 2.75) is 26.3 Å². The van der Waals surface area contributed by atoms with Crippen LogP contribution in [0.5, 0.6) is 0 Å². The van der Waals surface area contributed by atoms with Crippen LogP contribution >= 0.6 is 11.3 Å². The number of nitrogens with one attached hydrogen (secondary N) is 2. The maximum atomic E-state index is 11.9. The molecule has 2 rings (SSSR count). The van der Waals surface area contributed by atoms with Crippen LogP contribution in [-0.2, 0) is 0 Å². The molecule has 0 spiro atoms. The van der Waals surface area contributed by atoms with E-state index in [0.717, 1.165) is 12.1 Å². The average molecular weight is 303 g/mol. The zero-order valence-corrected chi connectivity index (χ0v) is 13.2. The van der Waals surface area contributed by atoms with Crippen molar-refractivity contribution >= 4 is 28.6 Å². The monoisotopic (exact) mass is 303 g/mol. The number of carbonyl (C=O) groups excluding carboxylic acids is 1. The molecule has 0 bridgehead atoms. The molecule has 1 aromatic heterocycles. The van der Waals surface area contributed by atoms with Crippen LogP contribution in [0.25, 0.3) is 0 Å². The fourth-order valence-electron chi connectivity index (χ4n) is 2.14. The van der Waals surface area contributed by atoms with Gasteiger partial charge in [-0.15, -0.1) is 11.3 Å². The Morgan fingerprint density at radius 3 is 2.76 bits per heavy atom. The van der Waals surface area contributed by atoms with Gasteiger partial charge in [0.05, 0.1) is 17.4 Å². The van der Waals surface area contributed by atoms with Gasteiger partial charge in [0.1, 0.15) is 0 Å². The molecule has 21 heavy (non-hydrogen) atoms. The third-order valence-corrected chi connectivity index (χ3v) is 4.26. The summed E-state index contributed by atoms with van der Waals surface area (Å²) in [6, 6.07) is 9.69. The SMILES string of the molecule is CCNC(=O)c1ccc(N)c(NC(CC)c2cccs2)c1. The number of nitrogen functional groups attached to an aromatic ring is 1. The summed E-state index contributed by atoms with van der Waals surface area (Å²) < 4.78 is 0. The first-order valence-electron chi connectivity index (χ1n) is 7.13. The smallest absolute Gasteiger partial charge is 0.251 e. The second-order valence-corrected chi connectivity index (χ2v) is 5.76. The Morgan fingerprint density at radius 1 is 1.33 bits per heavy atom. The summed E-state index contributed by atoms with van der Waals surface area (Å²) in [6.07, 6.45) is 0.950. The van der Waals surface area contributed by atoms with Gasteiger partial charge in [-0.2, -0.15) is 0 Å². The van der Waals surface area contributed by atoms with Crippen LogP contribution in [0, 0.1) is 0 Å². The van der Waals surface area contributed by atoms with Gasteiger partial charge in [0.15, 0.2) is 0 Å². The number of carbonyl (C=O) groups is 1. The van der Waals surface area contributed by atoms with Gasteiger partial charge in [0.2, 0.25) is 0 Å². The Labute approximate surface area is 129 Å². The maximum Gasteiger partial charge on any atom is 0.251 e. The lowest BCUT2D eigenvalue weighted by Crippen LogP contribution is -2.23. The highest BCUT2D eigenvalue weighted by atomic mass is 32.1. The van der Waals surface area contributed by atoms with E-state index in [4.69, 9.17) is 5.73 Å². The number of benzene rings is 1. The number of thiophene rings is 1. The molecule has 4 N–H and O–H groups in total. The number of amides is 1. The maximum absolute atomic E-state index is 11.9. The van der Waals surface area contributed by atoms with E-state index >= 15 is 0 Å². The molecule has 0 aliphatic rings. The van der Waals surface area contributed by atoms with Crippen molar-refractivity contribution in [2.24, 2.45) is 0 Å². The number of rotatable bonds is 6. The second-order valence-electron chi connectivity index (χ2n) is 4.78.